The standard InChI is InChI=1S/C16H25FN2/c1-4-15-9-8-11(2)19(15)16(12(3)18)13-6-5-7-14(17)10-13/h5-7,10-12,15-16H,4,8-9,18H2,1-3H3. The van der Waals surface area contributed by atoms with E-state index in [0.717, 1.165) is 12.0 Å². The summed E-state index contributed by atoms with van der Waals surface area (Å²) < 4.78 is 13.5. The molecule has 0 bridgehead atoms. The van der Waals surface area contributed by atoms with E-state index in [-0.39, 0.29) is 17.9 Å². The second-order valence-corrected chi connectivity index (χ2v) is 5.79. The summed E-state index contributed by atoms with van der Waals surface area (Å²) in [6.07, 6.45) is 3.55. The topological polar surface area (TPSA) is 29.3 Å². The predicted octanol–water partition coefficient (Wildman–Crippen LogP) is 3.48. The summed E-state index contributed by atoms with van der Waals surface area (Å²) in [5, 5.41) is 0. The second-order valence-electron chi connectivity index (χ2n) is 5.79. The fourth-order valence-corrected chi connectivity index (χ4v) is 3.45. The third-order valence-electron chi connectivity index (χ3n) is 4.33. The number of nitrogens with zero attached hydrogens (tertiary/aromatic N) is 1. The quantitative estimate of drug-likeness (QED) is 0.902. The van der Waals surface area contributed by atoms with Gasteiger partial charge in [-0.2, -0.15) is 0 Å². The van der Waals surface area contributed by atoms with E-state index in [0.29, 0.717) is 12.1 Å². The number of nitrogens with two attached hydrogens (primary N) is 1. The van der Waals surface area contributed by atoms with Crippen LogP contribution < -0.4 is 5.73 Å². The zero-order valence-corrected chi connectivity index (χ0v) is 12.1. The van der Waals surface area contributed by atoms with E-state index in [4.69, 9.17) is 5.73 Å². The average Bonchev–Trinajstić information content (AvgIpc) is 2.71. The van der Waals surface area contributed by atoms with Gasteiger partial charge in [0, 0.05) is 18.1 Å². The molecule has 1 aromatic carbocycles. The Balaban J connectivity index is 2.34. The highest BCUT2D eigenvalue weighted by atomic mass is 19.1. The summed E-state index contributed by atoms with van der Waals surface area (Å²) >= 11 is 0. The van der Waals surface area contributed by atoms with Crippen LogP contribution in [0.3, 0.4) is 0 Å². The number of hydrogen-bond donors (Lipinski definition) is 1. The third-order valence-corrected chi connectivity index (χ3v) is 4.33. The maximum absolute atomic E-state index is 13.5. The van der Waals surface area contributed by atoms with E-state index in [1.165, 1.54) is 18.9 Å². The van der Waals surface area contributed by atoms with Crippen molar-refractivity contribution >= 4 is 0 Å². The van der Waals surface area contributed by atoms with Crippen LogP contribution in [0.5, 0.6) is 0 Å². The molecule has 3 heteroatoms. The van der Waals surface area contributed by atoms with Gasteiger partial charge >= 0.3 is 0 Å². The Bertz CT molecular complexity index is 419. The largest absolute Gasteiger partial charge is 0.326 e. The minimum atomic E-state index is -0.178. The van der Waals surface area contributed by atoms with E-state index in [1.807, 2.05) is 13.0 Å². The molecule has 2 rings (SSSR count). The molecule has 1 fully saturated rings. The van der Waals surface area contributed by atoms with Crippen molar-refractivity contribution in [2.24, 2.45) is 5.73 Å². The monoisotopic (exact) mass is 264 g/mol. The number of hydrogen-bond acceptors (Lipinski definition) is 2. The molecule has 1 aromatic rings. The lowest BCUT2D eigenvalue weighted by Crippen LogP contribution is -2.45. The zero-order valence-electron chi connectivity index (χ0n) is 12.1. The molecule has 0 amide bonds. The fraction of sp³-hybridized carbons (Fsp3) is 0.625. The normalized spacial score (nSPS) is 27.4. The fourth-order valence-electron chi connectivity index (χ4n) is 3.45. The minimum absolute atomic E-state index is 0.00333. The van der Waals surface area contributed by atoms with Gasteiger partial charge in [-0.1, -0.05) is 19.1 Å². The summed E-state index contributed by atoms with van der Waals surface area (Å²) in [4.78, 5) is 2.50. The van der Waals surface area contributed by atoms with E-state index >= 15 is 0 Å². The van der Waals surface area contributed by atoms with Crippen LogP contribution in [0.1, 0.15) is 51.6 Å². The first-order valence-corrected chi connectivity index (χ1v) is 7.33. The molecule has 0 aliphatic carbocycles. The van der Waals surface area contributed by atoms with E-state index in [9.17, 15) is 4.39 Å². The molecule has 2 N–H and O–H groups in total. The van der Waals surface area contributed by atoms with Crippen LogP contribution in [0.4, 0.5) is 4.39 Å². The van der Waals surface area contributed by atoms with Gasteiger partial charge in [-0.3, -0.25) is 4.90 Å². The first-order valence-electron chi connectivity index (χ1n) is 7.33. The van der Waals surface area contributed by atoms with Gasteiger partial charge in [0.25, 0.3) is 0 Å². The lowest BCUT2D eigenvalue weighted by Gasteiger charge is -2.38. The van der Waals surface area contributed by atoms with Crippen molar-refractivity contribution in [3.8, 4) is 0 Å². The molecule has 0 aromatic heterocycles. The van der Waals surface area contributed by atoms with Crippen LogP contribution in [-0.4, -0.2) is 23.0 Å². The molecule has 0 radical (unpaired) electrons. The molecule has 1 aliphatic heterocycles. The highest BCUT2D eigenvalue weighted by Crippen LogP contribution is 2.36. The van der Waals surface area contributed by atoms with Gasteiger partial charge in [0.05, 0.1) is 6.04 Å². The van der Waals surface area contributed by atoms with Crippen molar-refractivity contribution in [2.45, 2.75) is 64.2 Å². The number of likely N-dealkylation sites (tertiary alicyclic amines) is 1. The first kappa shape index (κ1) is 14.5. The van der Waals surface area contributed by atoms with Crippen molar-refractivity contribution in [2.75, 3.05) is 0 Å². The van der Waals surface area contributed by atoms with Gasteiger partial charge in [-0.05, 0) is 50.8 Å². The SMILES string of the molecule is CCC1CCC(C)N1C(c1cccc(F)c1)C(C)N. The Morgan fingerprint density at radius 2 is 2.16 bits per heavy atom. The van der Waals surface area contributed by atoms with Gasteiger partial charge in [-0.15, -0.1) is 0 Å². The summed E-state index contributed by atoms with van der Waals surface area (Å²) in [7, 11) is 0. The van der Waals surface area contributed by atoms with Crippen molar-refractivity contribution in [3.05, 3.63) is 35.6 Å². The molecular formula is C16H25FN2. The lowest BCUT2D eigenvalue weighted by atomic mass is 9.97. The Hall–Kier alpha value is -0.930. The molecule has 19 heavy (non-hydrogen) atoms. The number of rotatable bonds is 4. The Labute approximate surface area is 115 Å². The predicted molar refractivity (Wildman–Crippen MR) is 77.4 cm³/mol. The van der Waals surface area contributed by atoms with E-state index in [2.05, 4.69) is 18.7 Å². The number of halogens is 1. The summed E-state index contributed by atoms with van der Waals surface area (Å²) in [5.74, 6) is -0.178. The molecule has 2 nitrogen and oxygen atoms in total. The molecule has 4 atom stereocenters. The second kappa shape index (κ2) is 6.02. The van der Waals surface area contributed by atoms with Crippen LogP contribution in [0.15, 0.2) is 24.3 Å². The molecule has 1 heterocycles. The molecule has 0 spiro atoms. The lowest BCUT2D eigenvalue weighted by molar-refractivity contribution is 0.117. The van der Waals surface area contributed by atoms with Crippen LogP contribution in [0.2, 0.25) is 0 Å². The highest BCUT2D eigenvalue weighted by Gasteiger charge is 2.37. The molecule has 1 aliphatic rings. The van der Waals surface area contributed by atoms with Crippen molar-refractivity contribution in [1.29, 1.82) is 0 Å². The summed E-state index contributed by atoms with van der Waals surface area (Å²) in [5.41, 5.74) is 7.22. The maximum Gasteiger partial charge on any atom is 0.123 e. The van der Waals surface area contributed by atoms with Crippen LogP contribution >= 0.6 is 0 Å². The van der Waals surface area contributed by atoms with Gasteiger partial charge in [0.15, 0.2) is 0 Å². The smallest absolute Gasteiger partial charge is 0.123 e. The Morgan fingerprint density at radius 3 is 2.74 bits per heavy atom. The highest BCUT2D eigenvalue weighted by molar-refractivity contribution is 5.22. The molecule has 0 saturated carbocycles. The van der Waals surface area contributed by atoms with Gasteiger partial charge in [0.1, 0.15) is 5.82 Å². The third kappa shape index (κ3) is 2.98. The maximum atomic E-state index is 13.5. The molecule has 106 valence electrons. The summed E-state index contributed by atoms with van der Waals surface area (Å²) in [6.45, 7) is 6.50. The van der Waals surface area contributed by atoms with Crippen LogP contribution in [-0.2, 0) is 0 Å². The molecule has 1 saturated heterocycles. The summed E-state index contributed by atoms with van der Waals surface area (Å²) in [6, 6.07) is 8.09. The zero-order chi connectivity index (χ0) is 14.0. The van der Waals surface area contributed by atoms with E-state index < -0.39 is 0 Å². The Kier molecular flexibility index (Phi) is 4.58. The average molecular weight is 264 g/mol. The van der Waals surface area contributed by atoms with Gasteiger partial charge in [0.2, 0.25) is 0 Å². The van der Waals surface area contributed by atoms with Gasteiger partial charge in [-0.25, -0.2) is 4.39 Å². The van der Waals surface area contributed by atoms with Gasteiger partial charge < -0.3 is 5.73 Å². The Morgan fingerprint density at radius 1 is 1.42 bits per heavy atom. The van der Waals surface area contributed by atoms with Crippen LogP contribution in [0, 0.1) is 5.82 Å². The van der Waals surface area contributed by atoms with Crippen molar-refractivity contribution < 1.29 is 4.39 Å². The van der Waals surface area contributed by atoms with Crippen molar-refractivity contribution in [1.82, 2.24) is 4.90 Å². The first-order chi connectivity index (χ1) is 9.04. The van der Waals surface area contributed by atoms with Crippen LogP contribution in [0.25, 0.3) is 0 Å². The van der Waals surface area contributed by atoms with E-state index in [1.54, 1.807) is 12.1 Å². The van der Waals surface area contributed by atoms with Crippen molar-refractivity contribution in [3.63, 3.8) is 0 Å². The molecule has 4 unspecified atom stereocenters. The number of benzene rings is 1. The molecular weight excluding hydrogens is 239 g/mol. The minimum Gasteiger partial charge on any atom is -0.326 e.